The molecule has 0 atom stereocenters. The molecule has 106 valence electrons. The average molecular weight is 311 g/mol. The highest BCUT2D eigenvalue weighted by Gasteiger charge is 2.06. The largest absolute Gasteiger partial charge is 0.468 e. The van der Waals surface area contributed by atoms with Gasteiger partial charge in [-0.2, -0.15) is 11.8 Å². The van der Waals surface area contributed by atoms with E-state index >= 15 is 0 Å². The van der Waals surface area contributed by atoms with Crippen LogP contribution in [0.2, 0.25) is 5.02 Å². The molecule has 0 bridgehead atoms. The Morgan fingerprint density at radius 2 is 2.25 bits per heavy atom. The van der Waals surface area contributed by atoms with Crippen LogP contribution in [0.25, 0.3) is 0 Å². The lowest BCUT2D eigenvalue weighted by atomic mass is 10.3. The summed E-state index contributed by atoms with van der Waals surface area (Å²) in [5.74, 6) is 2.34. The van der Waals surface area contributed by atoms with Crippen LogP contribution in [-0.4, -0.2) is 11.7 Å². The Hall–Kier alpha value is -1.59. The Morgan fingerprint density at radius 3 is 2.95 bits per heavy atom. The number of amides is 1. The van der Waals surface area contributed by atoms with E-state index in [1.54, 1.807) is 36.2 Å². The Morgan fingerprint density at radius 1 is 1.40 bits per heavy atom. The number of halogens is 1. The number of rotatable bonds is 6. The maximum absolute atomic E-state index is 11.8. The highest BCUT2D eigenvalue weighted by Crippen LogP contribution is 2.24. The first-order valence-corrected chi connectivity index (χ1v) is 7.63. The molecule has 0 aliphatic heterocycles. The van der Waals surface area contributed by atoms with Gasteiger partial charge in [0.2, 0.25) is 5.91 Å². The highest BCUT2D eigenvalue weighted by molar-refractivity contribution is 7.98. The zero-order valence-electron chi connectivity index (χ0n) is 10.8. The number of nitrogens with one attached hydrogen (secondary N) is 1. The Bertz CT molecular complexity index is 573. The van der Waals surface area contributed by atoms with Crippen molar-refractivity contribution in [2.24, 2.45) is 0 Å². The fraction of sp³-hybridized carbons (Fsp3) is 0.214. The zero-order chi connectivity index (χ0) is 14.4. The number of nitrogens with two attached hydrogens (primary N) is 1. The van der Waals surface area contributed by atoms with Gasteiger partial charge in [-0.25, -0.2) is 0 Å². The predicted octanol–water partition coefficient (Wildman–Crippen LogP) is 3.78. The van der Waals surface area contributed by atoms with Crippen LogP contribution in [0.1, 0.15) is 12.2 Å². The SMILES string of the molecule is Nc1ccc(NC(=O)CCSCc2ccco2)c(Cl)c1. The summed E-state index contributed by atoms with van der Waals surface area (Å²) in [7, 11) is 0. The maximum Gasteiger partial charge on any atom is 0.225 e. The van der Waals surface area contributed by atoms with Gasteiger partial charge in [0.05, 0.1) is 22.7 Å². The number of hydrogen-bond acceptors (Lipinski definition) is 4. The van der Waals surface area contributed by atoms with E-state index in [0.717, 1.165) is 17.3 Å². The third-order valence-corrected chi connectivity index (χ3v) is 3.86. The molecular weight excluding hydrogens is 296 g/mol. The molecule has 4 nitrogen and oxygen atoms in total. The minimum absolute atomic E-state index is 0.0661. The van der Waals surface area contributed by atoms with Crippen LogP contribution in [0.3, 0.4) is 0 Å². The van der Waals surface area contributed by atoms with Crippen molar-refractivity contribution in [3.63, 3.8) is 0 Å². The molecule has 1 amide bonds. The normalized spacial score (nSPS) is 10.4. The smallest absolute Gasteiger partial charge is 0.225 e. The fourth-order valence-electron chi connectivity index (χ4n) is 1.58. The number of nitrogen functional groups attached to an aromatic ring is 1. The number of carbonyl (C=O) groups excluding carboxylic acids is 1. The summed E-state index contributed by atoms with van der Waals surface area (Å²) in [6, 6.07) is 8.79. The third kappa shape index (κ3) is 4.51. The van der Waals surface area contributed by atoms with Gasteiger partial charge < -0.3 is 15.5 Å². The highest BCUT2D eigenvalue weighted by atomic mass is 35.5. The van der Waals surface area contributed by atoms with Crippen molar-refractivity contribution in [3.8, 4) is 0 Å². The molecule has 0 aliphatic carbocycles. The van der Waals surface area contributed by atoms with Crippen LogP contribution in [0.15, 0.2) is 41.0 Å². The van der Waals surface area contributed by atoms with Gasteiger partial charge in [-0.15, -0.1) is 0 Å². The van der Waals surface area contributed by atoms with Crippen LogP contribution in [-0.2, 0) is 10.5 Å². The second kappa shape index (κ2) is 7.26. The van der Waals surface area contributed by atoms with Gasteiger partial charge in [-0.1, -0.05) is 11.6 Å². The second-order valence-corrected chi connectivity index (χ2v) is 5.68. The summed E-state index contributed by atoms with van der Waals surface area (Å²) < 4.78 is 5.21. The first-order chi connectivity index (χ1) is 9.65. The van der Waals surface area contributed by atoms with Crippen molar-refractivity contribution in [1.82, 2.24) is 0 Å². The molecule has 0 radical (unpaired) electrons. The molecule has 0 saturated heterocycles. The molecule has 0 aliphatic rings. The molecule has 0 fully saturated rings. The lowest BCUT2D eigenvalue weighted by Gasteiger charge is -2.07. The van der Waals surface area contributed by atoms with E-state index in [2.05, 4.69) is 5.32 Å². The molecule has 0 saturated carbocycles. The van der Waals surface area contributed by atoms with Crippen LogP contribution in [0.5, 0.6) is 0 Å². The van der Waals surface area contributed by atoms with Crippen molar-refractivity contribution in [2.75, 3.05) is 16.8 Å². The van der Waals surface area contributed by atoms with E-state index in [1.807, 2.05) is 12.1 Å². The predicted molar refractivity (Wildman–Crippen MR) is 84.0 cm³/mol. The molecule has 6 heteroatoms. The van der Waals surface area contributed by atoms with E-state index in [-0.39, 0.29) is 5.91 Å². The van der Waals surface area contributed by atoms with E-state index in [1.165, 1.54) is 0 Å². The van der Waals surface area contributed by atoms with Crippen molar-refractivity contribution >= 4 is 40.6 Å². The molecule has 3 N–H and O–H groups in total. The van der Waals surface area contributed by atoms with Crippen LogP contribution in [0, 0.1) is 0 Å². The lowest BCUT2D eigenvalue weighted by Crippen LogP contribution is -2.12. The Labute approximate surface area is 126 Å². The van der Waals surface area contributed by atoms with Crippen LogP contribution in [0.4, 0.5) is 11.4 Å². The molecule has 0 unspecified atom stereocenters. The number of furan rings is 1. The summed E-state index contributed by atoms with van der Waals surface area (Å²) in [6.45, 7) is 0. The number of benzene rings is 1. The van der Waals surface area contributed by atoms with E-state index in [0.29, 0.717) is 22.8 Å². The summed E-state index contributed by atoms with van der Waals surface area (Å²) in [5.41, 5.74) is 6.75. The lowest BCUT2D eigenvalue weighted by molar-refractivity contribution is -0.115. The quantitative estimate of drug-likeness (QED) is 0.629. The summed E-state index contributed by atoms with van der Waals surface area (Å²) in [5, 5.41) is 3.21. The zero-order valence-corrected chi connectivity index (χ0v) is 12.3. The molecule has 2 aromatic rings. The molecule has 20 heavy (non-hydrogen) atoms. The van der Waals surface area contributed by atoms with Crippen molar-refractivity contribution in [3.05, 3.63) is 47.4 Å². The third-order valence-electron chi connectivity index (χ3n) is 2.57. The van der Waals surface area contributed by atoms with Crippen molar-refractivity contribution in [2.45, 2.75) is 12.2 Å². The molecular formula is C14H15ClN2O2S. The second-order valence-electron chi connectivity index (χ2n) is 4.17. The molecule has 0 spiro atoms. The molecule has 1 aromatic carbocycles. The van der Waals surface area contributed by atoms with Crippen LogP contribution >= 0.6 is 23.4 Å². The van der Waals surface area contributed by atoms with Crippen molar-refractivity contribution in [1.29, 1.82) is 0 Å². The summed E-state index contributed by atoms with van der Waals surface area (Å²) in [4.78, 5) is 11.8. The van der Waals surface area contributed by atoms with Gasteiger partial charge in [0.15, 0.2) is 0 Å². The first kappa shape index (κ1) is 14.8. The van der Waals surface area contributed by atoms with E-state index < -0.39 is 0 Å². The Balaban J connectivity index is 1.72. The monoisotopic (exact) mass is 310 g/mol. The topological polar surface area (TPSA) is 68.3 Å². The van der Waals surface area contributed by atoms with E-state index in [9.17, 15) is 4.79 Å². The fourth-order valence-corrected chi connectivity index (χ4v) is 2.65. The van der Waals surface area contributed by atoms with E-state index in [4.69, 9.17) is 21.8 Å². The van der Waals surface area contributed by atoms with Crippen LogP contribution < -0.4 is 11.1 Å². The molecule has 1 heterocycles. The minimum atomic E-state index is -0.0661. The Kier molecular flexibility index (Phi) is 5.38. The number of anilines is 2. The summed E-state index contributed by atoms with van der Waals surface area (Å²) >= 11 is 7.64. The summed E-state index contributed by atoms with van der Waals surface area (Å²) in [6.07, 6.45) is 2.07. The van der Waals surface area contributed by atoms with Gasteiger partial charge in [-0.05, 0) is 30.3 Å². The first-order valence-electron chi connectivity index (χ1n) is 6.10. The van der Waals surface area contributed by atoms with Gasteiger partial charge in [-0.3, -0.25) is 4.79 Å². The van der Waals surface area contributed by atoms with Gasteiger partial charge in [0, 0.05) is 17.9 Å². The molecule has 1 aromatic heterocycles. The van der Waals surface area contributed by atoms with Crippen molar-refractivity contribution < 1.29 is 9.21 Å². The maximum atomic E-state index is 11.8. The minimum Gasteiger partial charge on any atom is -0.468 e. The standard InChI is InChI=1S/C14H15ClN2O2S/c15-12-8-10(16)3-4-13(12)17-14(18)5-7-20-9-11-2-1-6-19-11/h1-4,6,8H,5,7,9,16H2,(H,17,18). The number of thioether (sulfide) groups is 1. The number of carbonyl (C=O) groups is 1. The van der Waals surface area contributed by atoms with Gasteiger partial charge in [0.1, 0.15) is 5.76 Å². The number of hydrogen-bond donors (Lipinski definition) is 2. The average Bonchev–Trinajstić information content (AvgIpc) is 2.91. The molecule has 2 rings (SSSR count). The van der Waals surface area contributed by atoms with Gasteiger partial charge in [0.25, 0.3) is 0 Å². The van der Waals surface area contributed by atoms with Gasteiger partial charge >= 0.3 is 0 Å².